The van der Waals surface area contributed by atoms with Gasteiger partial charge >= 0.3 is 0 Å². The van der Waals surface area contributed by atoms with E-state index in [0.29, 0.717) is 0 Å². The summed E-state index contributed by atoms with van der Waals surface area (Å²) in [5.74, 6) is 0.102. The first-order valence-electron chi connectivity index (χ1n) is 27.4. The third-order valence-electron chi connectivity index (χ3n) is 13.9. The quantitative estimate of drug-likeness (QED) is 0.0618. The summed E-state index contributed by atoms with van der Waals surface area (Å²) >= 11 is 19.0. The smallest absolute Gasteiger partial charge is 0.212 e. The molecule has 0 aliphatic carbocycles. The van der Waals surface area contributed by atoms with Crippen LogP contribution in [-0.2, 0) is 0 Å². The van der Waals surface area contributed by atoms with Gasteiger partial charge in [0.25, 0.3) is 0 Å². The van der Waals surface area contributed by atoms with Gasteiger partial charge in [-0.25, -0.2) is 0 Å². The van der Waals surface area contributed by atoms with E-state index in [-0.39, 0.29) is 5.78 Å². The molecule has 0 N–H and O–H groups in total. The van der Waals surface area contributed by atoms with Gasteiger partial charge in [-0.3, -0.25) is 4.79 Å². The molecule has 10 aromatic rings. The molecule has 80 heavy (non-hydrogen) atoms. The van der Waals surface area contributed by atoms with Crippen molar-refractivity contribution in [2.75, 3.05) is 0 Å². The zero-order valence-corrected chi connectivity index (χ0v) is 63.7. The molecule has 17 heteroatoms. The lowest BCUT2D eigenvalue weighted by atomic mass is 10.0. The fraction of sp³-hybridized carbons (Fsp3) is 0.286. The Morgan fingerprint density at radius 2 is 0.362 bits per heavy atom. The molecule has 0 bridgehead atoms. The van der Waals surface area contributed by atoms with Gasteiger partial charge in [0.05, 0.1) is 58.2 Å². The Labute approximate surface area is 523 Å². The molecule has 0 radical (unpaired) electrons. The lowest BCUT2D eigenvalue weighted by Gasteiger charge is -2.16. The van der Waals surface area contributed by atoms with Crippen molar-refractivity contribution in [1.82, 2.24) is 0 Å². The summed E-state index contributed by atoms with van der Waals surface area (Å²) in [6, 6.07) is 46.8. The van der Waals surface area contributed by atoms with Crippen molar-refractivity contribution < 1.29 is 4.79 Å². The summed E-state index contributed by atoms with van der Waals surface area (Å²) in [5.41, 5.74) is 5.42. The van der Waals surface area contributed by atoms with Crippen LogP contribution in [0.5, 0.6) is 0 Å². The highest BCUT2D eigenvalue weighted by atomic mass is 32.1. The van der Waals surface area contributed by atoms with Crippen LogP contribution < -0.4 is 27.0 Å². The number of carbonyl (C=O) groups excluding carboxylic acids is 1. The van der Waals surface area contributed by atoms with Crippen molar-refractivity contribution in [3.05, 3.63) is 170 Å². The van der Waals surface area contributed by atoms with Crippen LogP contribution >= 0.6 is 113 Å². The van der Waals surface area contributed by atoms with Crippen molar-refractivity contribution in [3.8, 4) is 19.5 Å². The molecule has 416 valence electrons. The van der Waals surface area contributed by atoms with Gasteiger partial charge in [0.1, 0.15) is 0 Å². The summed E-state index contributed by atoms with van der Waals surface area (Å²) in [6.45, 7) is 44.3. The molecular formula is C63H74OS10Si6. The van der Waals surface area contributed by atoms with Gasteiger partial charge in [0.2, 0.25) is 5.78 Å². The Morgan fingerprint density at radius 3 is 0.537 bits per heavy atom. The maximum Gasteiger partial charge on any atom is 0.212 e. The largest absolute Gasteiger partial charge is 0.287 e. The van der Waals surface area contributed by atoms with Crippen molar-refractivity contribution in [3.63, 3.8) is 0 Å². The highest BCUT2D eigenvalue weighted by Crippen LogP contribution is 2.48. The molecule has 10 rings (SSSR count). The third-order valence-corrected chi connectivity index (χ3v) is 46.9. The lowest BCUT2D eigenvalue weighted by Crippen LogP contribution is -2.34. The summed E-state index contributed by atoms with van der Waals surface area (Å²) < 4.78 is 9.21. The molecule has 10 heterocycles. The molecule has 0 spiro atoms. The van der Waals surface area contributed by atoms with Crippen LogP contribution in [0.2, 0.25) is 118 Å². The highest BCUT2D eigenvalue weighted by Gasteiger charge is 2.31. The minimum absolute atomic E-state index is 0.102. The second-order valence-corrected chi connectivity index (χ2v) is 70.2. The third kappa shape index (κ3) is 13.0. The first-order chi connectivity index (χ1) is 37.3. The number of ketones is 1. The Balaban J connectivity index is 1.01. The van der Waals surface area contributed by atoms with Crippen molar-refractivity contribution in [2.45, 2.75) is 118 Å². The maximum atomic E-state index is 14.6. The van der Waals surface area contributed by atoms with E-state index in [1.165, 1.54) is 98.1 Å². The Morgan fingerprint density at radius 1 is 0.212 bits per heavy atom. The van der Waals surface area contributed by atoms with Gasteiger partial charge < -0.3 is 0 Å². The van der Waals surface area contributed by atoms with Crippen LogP contribution in [0.15, 0.2) is 121 Å². The molecule has 0 saturated carbocycles. The Hall–Kier alpha value is -2.55. The fourth-order valence-electron chi connectivity index (χ4n) is 9.24. The van der Waals surface area contributed by atoms with Crippen molar-refractivity contribution in [1.29, 1.82) is 0 Å². The van der Waals surface area contributed by atoms with Crippen LogP contribution in [0.3, 0.4) is 0 Å². The van der Waals surface area contributed by atoms with Gasteiger partial charge in [0.15, 0.2) is 0 Å². The molecule has 0 saturated heterocycles. The monoisotopic (exact) mass is 1330 g/mol. The molecule has 0 aliphatic rings. The number of hydrogen-bond acceptors (Lipinski definition) is 11. The average molecular weight is 1340 g/mol. The van der Waals surface area contributed by atoms with E-state index in [2.05, 4.69) is 239 Å². The SMILES string of the molecule is C[Si](C)(C)c1ccc(C(=C(c2ccc([Si](C)(C)C)s2)c2ccc([Si](C)(C)C)s2)c2ccc(-c3ccc(C(=O)c4ccc(-c5ccc(C(=C(c6ccc([Si](C)(C)C)s6)c6ccc([Si](C)(C)C)s6)c6ccc([Si](C)(C)C)s6)s5)s4)s3)s2)s1. The summed E-state index contributed by atoms with van der Waals surface area (Å²) in [5, 5.41) is 0. The van der Waals surface area contributed by atoms with Gasteiger partial charge in [-0.1, -0.05) is 154 Å². The highest BCUT2D eigenvalue weighted by molar-refractivity contribution is 7.32. The van der Waals surface area contributed by atoms with Gasteiger partial charge in [-0.2, -0.15) is 0 Å². The van der Waals surface area contributed by atoms with Gasteiger partial charge in [-0.05, 0) is 112 Å². The topological polar surface area (TPSA) is 17.1 Å². The van der Waals surface area contributed by atoms with Crippen LogP contribution in [0.4, 0.5) is 0 Å². The molecule has 0 atom stereocenters. The van der Waals surface area contributed by atoms with Gasteiger partial charge in [-0.15, -0.1) is 113 Å². The molecule has 0 aliphatic heterocycles. The molecule has 0 fully saturated rings. The molecule has 1 nitrogen and oxygen atoms in total. The number of rotatable bonds is 18. The normalized spacial score (nSPS) is 12.9. The van der Waals surface area contributed by atoms with Crippen molar-refractivity contribution in [2.24, 2.45) is 0 Å². The molecule has 10 aromatic heterocycles. The standard InChI is InChI=1S/C63H74OS10Si6/c1-75(2,3)53-33-27-45(69-53)59(61(47-29-35-55(71-47)77(7,8)9)48-30-36-56(72-48)78(10,11)12)43-23-19-39(65-43)41-21-25-51(67-41)63(64)52-26-22-42(68-52)40-20-24-44(66-40)60(46-28-34-54(70-46)76(4,5)6)62(49-31-37-57(73-49)79(13,14)15)50-32-38-58(74-50)80(16,17)18/h19-38H,1-18H3. The minimum Gasteiger partial charge on any atom is -0.287 e. The lowest BCUT2D eigenvalue weighted by molar-refractivity contribution is 0.104. The zero-order valence-electron chi connectivity index (χ0n) is 49.5. The number of thiophene rings is 10. The summed E-state index contributed by atoms with van der Waals surface area (Å²) in [7, 11) is -9.31. The predicted molar refractivity (Wildman–Crippen MR) is 393 cm³/mol. The Kier molecular flexibility index (Phi) is 17.2. The van der Waals surface area contributed by atoms with E-state index >= 15 is 0 Å². The average Bonchev–Trinajstić information content (AvgIpc) is 4.39. The predicted octanol–water partition coefficient (Wildman–Crippen LogP) is 20.2. The zero-order chi connectivity index (χ0) is 57.6. The molecule has 0 aromatic carbocycles. The second kappa shape index (κ2) is 22.7. The first kappa shape index (κ1) is 60.6. The van der Waals surface area contributed by atoms with Crippen LogP contribution in [0.25, 0.3) is 41.8 Å². The first-order valence-corrected chi connectivity index (χ1v) is 56.6. The Bertz CT molecular complexity index is 3580. The minimum atomic E-state index is -1.56. The molecular weight excluding hydrogens is 1260 g/mol. The second-order valence-electron chi connectivity index (χ2n) is 27.0. The van der Waals surface area contributed by atoms with E-state index in [1.807, 2.05) is 90.7 Å². The van der Waals surface area contributed by atoms with Crippen LogP contribution in [0, 0.1) is 0 Å². The van der Waals surface area contributed by atoms with Gasteiger partial charge in [0, 0.05) is 80.8 Å². The van der Waals surface area contributed by atoms with E-state index in [0.717, 1.165) is 19.5 Å². The van der Waals surface area contributed by atoms with E-state index in [1.54, 1.807) is 22.7 Å². The van der Waals surface area contributed by atoms with Crippen molar-refractivity contribution >= 4 is 217 Å². The summed E-state index contributed by atoms with van der Waals surface area (Å²) in [6.07, 6.45) is 0. The number of carbonyl (C=O) groups is 1. The molecule has 0 amide bonds. The van der Waals surface area contributed by atoms with E-state index < -0.39 is 48.4 Å². The van der Waals surface area contributed by atoms with E-state index in [4.69, 9.17) is 0 Å². The number of hydrogen-bond donors (Lipinski definition) is 0. The van der Waals surface area contributed by atoms with E-state index in [9.17, 15) is 4.79 Å². The molecule has 0 unspecified atom stereocenters. The fourth-order valence-corrected chi connectivity index (χ4v) is 31.6. The summed E-state index contributed by atoms with van der Waals surface area (Å²) in [4.78, 5) is 31.6. The van der Waals surface area contributed by atoms with Crippen LogP contribution in [-0.4, -0.2) is 54.2 Å². The maximum absolute atomic E-state index is 14.6. The van der Waals surface area contributed by atoms with Crippen LogP contribution in [0.1, 0.15) is 53.6 Å².